The zero-order chi connectivity index (χ0) is 12.4. The molecule has 0 atom stereocenters. The number of hydrogen-bond acceptors (Lipinski definition) is 3. The van der Waals surface area contributed by atoms with Gasteiger partial charge in [-0.05, 0) is 6.42 Å². The molecule has 0 saturated heterocycles. The summed E-state index contributed by atoms with van der Waals surface area (Å²) in [6.45, 7) is -0.547. The van der Waals surface area contributed by atoms with Crippen molar-refractivity contribution < 1.29 is 21.6 Å². The minimum atomic E-state index is -4.40. The van der Waals surface area contributed by atoms with Crippen LogP contribution in [0.5, 0.6) is 0 Å². The largest absolute Gasteiger partial charge is 0.412 e. The number of rotatable bonds is 2. The van der Waals surface area contributed by atoms with Crippen LogP contribution in [0.4, 0.5) is 13.2 Å². The first-order valence-electron chi connectivity index (χ1n) is 4.38. The van der Waals surface area contributed by atoms with E-state index in [2.05, 4.69) is 0 Å². The third-order valence-corrected chi connectivity index (χ3v) is 3.79. The second-order valence-corrected chi connectivity index (χ2v) is 5.22. The summed E-state index contributed by atoms with van der Waals surface area (Å²) in [5, 5.41) is 8.26. The Bertz CT molecular complexity index is 433. The Morgan fingerprint density at radius 1 is 1.50 bits per heavy atom. The normalized spacial score (nSPS) is 19.0. The highest BCUT2D eigenvalue weighted by molar-refractivity contribution is 7.89. The summed E-state index contributed by atoms with van der Waals surface area (Å²) in [6, 6.07) is 1.47. The number of sulfonamides is 1. The van der Waals surface area contributed by atoms with E-state index in [0.29, 0.717) is 0 Å². The van der Waals surface area contributed by atoms with Crippen LogP contribution in [0.15, 0.2) is 11.6 Å². The lowest BCUT2D eigenvalue weighted by atomic mass is 10.1. The number of nitriles is 1. The second kappa shape index (κ2) is 4.43. The van der Waals surface area contributed by atoms with E-state index in [-0.39, 0.29) is 19.5 Å². The van der Waals surface area contributed by atoms with Gasteiger partial charge in [-0.15, -0.1) is 0 Å². The summed E-state index contributed by atoms with van der Waals surface area (Å²) in [5.74, 6) is -0.706. The van der Waals surface area contributed by atoms with Gasteiger partial charge < -0.3 is 0 Å². The van der Waals surface area contributed by atoms with Crippen LogP contribution in [0, 0.1) is 11.3 Å². The van der Waals surface area contributed by atoms with E-state index in [1.807, 2.05) is 0 Å². The van der Waals surface area contributed by atoms with Crippen molar-refractivity contribution in [3.63, 3.8) is 0 Å². The summed E-state index contributed by atoms with van der Waals surface area (Å²) in [4.78, 5) is 0. The Balaban J connectivity index is 2.77. The summed E-state index contributed by atoms with van der Waals surface area (Å²) >= 11 is 0. The maximum absolute atomic E-state index is 12.2. The lowest BCUT2D eigenvalue weighted by Gasteiger charge is -2.25. The zero-order valence-corrected chi connectivity index (χ0v) is 8.98. The van der Waals surface area contributed by atoms with Crippen LogP contribution in [-0.4, -0.2) is 37.7 Å². The van der Waals surface area contributed by atoms with Gasteiger partial charge in [0.2, 0.25) is 10.0 Å². The first-order valence-corrected chi connectivity index (χ1v) is 5.99. The highest BCUT2D eigenvalue weighted by Gasteiger charge is 2.36. The quantitative estimate of drug-likeness (QED) is 0.691. The number of nitrogens with zero attached hydrogens (tertiary/aromatic N) is 2. The molecule has 1 aliphatic heterocycles. The van der Waals surface area contributed by atoms with Crippen LogP contribution < -0.4 is 0 Å². The van der Waals surface area contributed by atoms with Gasteiger partial charge in [0, 0.05) is 18.7 Å². The van der Waals surface area contributed by atoms with Crippen LogP contribution in [0.1, 0.15) is 6.42 Å². The summed E-state index contributed by atoms with van der Waals surface area (Å²) in [5.41, 5.74) is -0.712. The van der Waals surface area contributed by atoms with Crippen molar-refractivity contribution in [3.8, 4) is 6.07 Å². The van der Waals surface area contributed by atoms with Gasteiger partial charge in [-0.3, -0.25) is 0 Å². The third kappa shape index (κ3) is 2.96. The Morgan fingerprint density at radius 2 is 2.12 bits per heavy atom. The molecular weight excluding hydrogens is 245 g/mol. The van der Waals surface area contributed by atoms with E-state index in [9.17, 15) is 21.6 Å². The minimum Gasteiger partial charge on any atom is -0.211 e. The van der Waals surface area contributed by atoms with Gasteiger partial charge in [-0.25, -0.2) is 8.42 Å². The van der Waals surface area contributed by atoms with Crippen molar-refractivity contribution in [2.24, 2.45) is 0 Å². The smallest absolute Gasteiger partial charge is 0.211 e. The molecule has 0 aromatic carbocycles. The zero-order valence-electron chi connectivity index (χ0n) is 8.16. The highest BCUT2D eigenvalue weighted by atomic mass is 32.2. The fourth-order valence-electron chi connectivity index (χ4n) is 1.33. The van der Waals surface area contributed by atoms with E-state index in [1.165, 1.54) is 6.07 Å². The molecule has 8 heteroatoms. The van der Waals surface area contributed by atoms with Crippen molar-refractivity contribution in [3.05, 3.63) is 11.6 Å². The fraction of sp³-hybridized carbons (Fsp3) is 0.625. The minimum absolute atomic E-state index is 0.227. The Kier molecular flexibility index (Phi) is 3.60. The predicted octanol–water partition coefficient (Wildman–Crippen LogP) is 1.03. The highest BCUT2D eigenvalue weighted by Crippen LogP contribution is 2.30. The molecule has 0 bridgehead atoms. The average molecular weight is 254 g/mol. The SMILES string of the molecule is N#CCS(=O)(=O)N1CC=C(C(F)(F)F)CC1. The molecule has 0 aromatic rings. The van der Waals surface area contributed by atoms with E-state index in [1.54, 1.807) is 0 Å². The van der Waals surface area contributed by atoms with Crippen LogP contribution >= 0.6 is 0 Å². The van der Waals surface area contributed by atoms with Crippen LogP contribution in [0.2, 0.25) is 0 Å². The molecule has 16 heavy (non-hydrogen) atoms. The van der Waals surface area contributed by atoms with Crippen LogP contribution in [0.25, 0.3) is 0 Å². The van der Waals surface area contributed by atoms with Gasteiger partial charge in [0.15, 0.2) is 5.75 Å². The second-order valence-electron chi connectivity index (χ2n) is 3.25. The summed E-state index contributed by atoms with van der Waals surface area (Å²) in [7, 11) is -3.74. The topological polar surface area (TPSA) is 61.2 Å². The van der Waals surface area contributed by atoms with E-state index < -0.39 is 27.5 Å². The van der Waals surface area contributed by atoms with Gasteiger partial charge in [-0.1, -0.05) is 6.08 Å². The number of halogens is 3. The predicted molar refractivity (Wildman–Crippen MR) is 49.7 cm³/mol. The van der Waals surface area contributed by atoms with Crippen molar-refractivity contribution in [1.29, 1.82) is 5.26 Å². The van der Waals surface area contributed by atoms with E-state index in [0.717, 1.165) is 10.4 Å². The summed E-state index contributed by atoms with van der Waals surface area (Å²) < 4.78 is 60.2. The first kappa shape index (κ1) is 13.0. The van der Waals surface area contributed by atoms with Crippen molar-refractivity contribution in [2.75, 3.05) is 18.8 Å². The molecule has 1 rings (SSSR count). The summed E-state index contributed by atoms with van der Waals surface area (Å²) in [6.07, 6.45) is -3.92. The van der Waals surface area contributed by atoms with Crippen molar-refractivity contribution >= 4 is 10.0 Å². The maximum atomic E-state index is 12.2. The molecule has 0 amide bonds. The van der Waals surface area contributed by atoms with Gasteiger partial charge in [-0.2, -0.15) is 22.7 Å². The molecule has 0 unspecified atom stereocenters. The molecule has 1 aliphatic rings. The standard InChI is InChI=1S/C8H9F3N2O2S/c9-8(10,11)7-1-4-13(5-2-7)16(14,15)6-3-12/h1H,2,4-6H2. The van der Waals surface area contributed by atoms with Gasteiger partial charge in [0.05, 0.1) is 6.07 Å². The van der Waals surface area contributed by atoms with Crippen molar-refractivity contribution in [2.45, 2.75) is 12.6 Å². The molecule has 0 fully saturated rings. The molecule has 0 radical (unpaired) electrons. The van der Waals surface area contributed by atoms with Crippen LogP contribution in [0.3, 0.4) is 0 Å². The molecule has 1 heterocycles. The third-order valence-electron chi connectivity index (χ3n) is 2.18. The Morgan fingerprint density at radius 3 is 2.50 bits per heavy atom. The van der Waals surface area contributed by atoms with Gasteiger partial charge in [0.25, 0.3) is 0 Å². The molecule has 0 aromatic heterocycles. The molecule has 0 aliphatic carbocycles. The van der Waals surface area contributed by atoms with E-state index >= 15 is 0 Å². The molecule has 0 N–H and O–H groups in total. The lowest BCUT2D eigenvalue weighted by Crippen LogP contribution is -2.37. The molecular formula is C8H9F3N2O2S. The van der Waals surface area contributed by atoms with Crippen LogP contribution in [-0.2, 0) is 10.0 Å². The first-order chi connectivity index (χ1) is 7.27. The van der Waals surface area contributed by atoms with Crippen molar-refractivity contribution in [1.82, 2.24) is 4.31 Å². The Hall–Kier alpha value is -1.07. The number of hydrogen-bond donors (Lipinski definition) is 0. The van der Waals surface area contributed by atoms with E-state index in [4.69, 9.17) is 5.26 Å². The average Bonchev–Trinajstić information content (AvgIpc) is 2.16. The maximum Gasteiger partial charge on any atom is 0.412 e. The number of alkyl halides is 3. The monoisotopic (exact) mass is 254 g/mol. The van der Waals surface area contributed by atoms with Gasteiger partial charge >= 0.3 is 6.18 Å². The molecule has 4 nitrogen and oxygen atoms in total. The molecule has 0 spiro atoms. The molecule has 0 saturated carbocycles. The fourth-order valence-corrected chi connectivity index (χ4v) is 2.35. The molecule has 90 valence electrons. The Labute approximate surface area is 91.0 Å². The van der Waals surface area contributed by atoms with Gasteiger partial charge in [0.1, 0.15) is 0 Å². The lowest BCUT2D eigenvalue weighted by molar-refractivity contribution is -0.0953.